The van der Waals surface area contributed by atoms with Crippen LogP contribution in [0, 0.1) is 13.8 Å². The Bertz CT molecular complexity index is 640. The monoisotopic (exact) mass is 278 g/mol. The zero-order valence-electron chi connectivity index (χ0n) is 10.8. The van der Waals surface area contributed by atoms with Crippen LogP contribution in [0.25, 0.3) is 5.78 Å². The number of carbonyl (C=O) groups is 1. The fraction of sp³-hybridized carbons (Fsp3) is 0.500. The Kier molecular flexibility index (Phi) is 3.14. The second kappa shape index (κ2) is 4.80. The van der Waals surface area contributed by atoms with E-state index in [1.54, 1.807) is 4.52 Å². The molecule has 1 aliphatic heterocycles. The van der Waals surface area contributed by atoms with Crippen molar-refractivity contribution in [2.75, 3.05) is 5.75 Å². The quantitative estimate of drug-likeness (QED) is 0.626. The number of cyclic esters (lactones) is 1. The van der Waals surface area contributed by atoms with E-state index in [1.807, 2.05) is 19.9 Å². The molecule has 19 heavy (non-hydrogen) atoms. The van der Waals surface area contributed by atoms with E-state index in [4.69, 9.17) is 4.74 Å². The molecule has 3 heterocycles. The van der Waals surface area contributed by atoms with Gasteiger partial charge in [-0.05, 0) is 26.3 Å². The van der Waals surface area contributed by atoms with Crippen LogP contribution in [-0.4, -0.2) is 37.4 Å². The SMILES string of the molecule is Cc1cc(C)n2nc(SC[C@@H]3CCC(=O)O3)nc2n1. The first kappa shape index (κ1) is 12.4. The van der Waals surface area contributed by atoms with Crippen LogP contribution < -0.4 is 0 Å². The maximum atomic E-state index is 11.0. The minimum Gasteiger partial charge on any atom is -0.461 e. The van der Waals surface area contributed by atoms with Gasteiger partial charge in [0.05, 0.1) is 0 Å². The lowest BCUT2D eigenvalue weighted by Crippen LogP contribution is -2.09. The van der Waals surface area contributed by atoms with Crippen molar-refractivity contribution in [2.24, 2.45) is 0 Å². The predicted molar refractivity (Wildman–Crippen MR) is 70.1 cm³/mol. The minimum absolute atomic E-state index is 0.0140. The summed E-state index contributed by atoms with van der Waals surface area (Å²) in [4.78, 5) is 19.7. The number of fused-ring (bicyclic) bond motifs is 1. The van der Waals surface area contributed by atoms with Gasteiger partial charge in [-0.15, -0.1) is 5.10 Å². The standard InChI is InChI=1S/C12H14N4O2S/c1-7-5-8(2)16-11(13-7)14-12(15-16)19-6-9-3-4-10(17)18-9/h5,9H,3-4,6H2,1-2H3/t9-/m0/s1. The third-order valence-electron chi connectivity index (χ3n) is 2.97. The van der Waals surface area contributed by atoms with Gasteiger partial charge in [0.2, 0.25) is 5.16 Å². The molecule has 1 saturated heterocycles. The number of hydrogen-bond acceptors (Lipinski definition) is 6. The third kappa shape index (κ3) is 2.56. The number of aryl methyl sites for hydroxylation is 2. The van der Waals surface area contributed by atoms with Crippen molar-refractivity contribution in [2.45, 2.75) is 37.9 Å². The van der Waals surface area contributed by atoms with Crippen LogP contribution in [0.5, 0.6) is 0 Å². The maximum Gasteiger partial charge on any atom is 0.306 e. The molecule has 1 atom stereocenters. The first-order valence-corrected chi connectivity index (χ1v) is 7.13. The second-order valence-corrected chi connectivity index (χ2v) is 5.59. The summed E-state index contributed by atoms with van der Waals surface area (Å²) in [5.74, 6) is 1.20. The molecule has 0 N–H and O–H groups in total. The fourth-order valence-corrected chi connectivity index (χ4v) is 2.93. The van der Waals surface area contributed by atoms with Crippen LogP contribution in [0.1, 0.15) is 24.2 Å². The molecule has 0 bridgehead atoms. The summed E-state index contributed by atoms with van der Waals surface area (Å²) in [6, 6.07) is 1.97. The summed E-state index contributed by atoms with van der Waals surface area (Å²) in [7, 11) is 0. The van der Waals surface area contributed by atoms with Gasteiger partial charge in [0.1, 0.15) is 6.10 Å². The van der Waals surface area contributed by atoms with E-state index < -0.39 is 0 Å². The number of carbonyl (C=O) groups excluding carboxylic acids is 1. The summed E-state index contributed by atoms with van der Waals surface area (Å²) in [6.07, 6.45) is 1.29. The largest absolute Gasteiger partial charge is 0.461 e. The summed E-state index contributed by atoms with van der Waals surface area (Å²) in [5.41, 5.74) is 1.94. The van der Waals surface area contributed by atoms with Crippen LogP contribution in [0.3, 0.4) is 0 Å². The van der Waals surface area contributed by atoms with Crippen molar-refractivity contribution in [3.05, 3.63) is 17.5 Å². The highest BCUT2D eigenvalue weighted by Gasteiger charge is 2.23. The third-order valence-corrected chi connectivity index (χ3v) is 3.94. The molecule has 0 aliphatic carbocycles. The topological polar surface area (TPSA) is 69.4 Å². The van der Waals surface area contributed by atoms with Crippen LogP contribution in [0.15, 0.2) is 11.2 Å². The van der Waals surface area contributed by atoms with E-state index in [2.05, 4.69) is 15.1 Å². The molecule has 7 heteroatoms. The van der Waals surface area contributed by atoms with Crippen LogP contribution in [0.4, 0.5) is 0 Å². The van der Waals surface area contributed by atoms with Crippen molar-refractivity contribution >= 4 is 23.5 Å². The summed E-state index contributed by atoms with van der Waals surface area (Å²) in [5, 5.41) is 5.07. The van der Waals surface area contributed by atoms with Crippen molar-refractivity contribution in [3.63, 3.8) is 0 Å². The number of thioether (sulfide) groups is 1. The molecule has 0 radical (unpaired) electrons. The van der Waals surface area contributed by atoms with Gasteiger partial charge in [0, 0.05) is 23.6 Å². The summed E-state index contributed by atoms with van der Waals surface area (Å²) < 4.78 is 6.89. The number of aromatic nitrogens is 4. The van der Waals surface area contributed by atoms with E-state index in [1.165, 1.54) is 11.8 Å². The highest BCUT2D eigenvalue weighted by atomic mass is 32.2. The highest BCUT2D eigenvalue weighted by Crippen LogP contribution is 2.22. The smallest absolute Gasteiger partial charge is 0.306 e. The summed E-state index contributed by atoms with van der Waals surface area (Å²) >= 11 is 1.50. The number of hydrogen-bond donors (Lipinski definition) is 0. The molecule has 2 aromatic heterocycles. The van der Waals surface area contributed by atoms with Crippen molar-refractivity contribution in [1.82, 2.24) is 19.6 Å². The lowest BCUT2D eigenvalue weighted by atomic mass is 10.3. The van der Waals surface area contributed by atoms with Gasteiger partial charge in [-0.1, -0.05) is 11.8 Å². The van der Waals surface area contributed by atoms with Gasteiger partial charge in [0.25, 0.3) is 5.78 Å². The van der Waals surface area contributed by atoms with Gasteiger partial charge >= 0.3 is 5.97 Å². The first-order chi connectivity index (χ1) is 9.11. The Morgan fingerprint density at radius 2 is 2.32 bits per heavy atom. The number of esters is 1. The van der Waals surface area contributed by atoms with Crippen LogP contribution >= 0.6 is 11.8 Å². The summed E-state index contributed by atoms with van der Waals surface area (Å²) in [6.45, 7) is 3.91. The Morgan fingerprint density at radius 1 is 1.47 bits per heavy atom. The van der Waals surface area contributed by atoms with E-state index in [0.717, 1.165) is 17.8 Å². The second-order valence-electron chi connectivity index (χ2n) is 4.61. The number of rotatable bonds is 3. The average Bonchev–Trinajstić information content (AvgIpc) is 2.92. The van der Waals surface area contributed by atoms with Gasteiger partial charge in [-0.2, -0.15) is 4.98 Å². The van der Waals surface area contributed by atoms with Crippen LogP contribution in [0.2, 0.25) is 0 Å². The predicted octanol–water partition coefficient (Wildman–Crippen LogP) is 1.54. The van der Waals surface area contributed by atoms with Crippen molar-refractivity contribution in [3.8, 4) is 0 Å². The molecule has 1 aliphatic rings. The van der Waals surface area contributed by atoms with Gasteiger partial charge < -0.3 is 4.74 Å². The van der Waals surface area contributed by atoms with Crippen molar-refractivity contribution < 1.29 is 9.53 Å². The lowest BCUT2D eigenvalue weighted by molar-refractivity contribution is -0.140. The Balaban J connectivity index is 1.75. The molecule has 3 rings (SSSR count). The molecule has 1 fully saturated rings. The number of ether oxygens (including phenoxy) is 1. The first-order valence-electron chi connectivity index (χ1n) is 6.15. The number of nitrogens with zero attached hydrogens (tertiary/aromatic N) is 4. The van der Waals surface area contributed by atoms with Crippen LogP contribution in [-0.2, 0) is 9.53 Å². The molecule has 0 aromatic carbocycles. The highest BCUT2D eigenvalue weighted by molar-refractivity contribution is 7.99. The Hall–Kier alpha value is -1.63. The van der Waals surface area contributed by atoms with E-state index >= 15 is 0 Å². The fourth-order valence-electron chi connectivity index (χ4n) is 2.08. The molecule has 0 amide bonds. The molecule has 6 nitrogen and oxygen atoms in total. The van der Waals surface area contributed by atoms with Gasteiger partial charge in [0.15, 0.2) is 0 Å². The molecule has 0 spiro atoms. The Labute approximate surface area is 114 Å². The van der Waals surface area contributed by atoms with E-state index in [-0.39, 0.29) is 12.1 Å². The molecule has 0 unspecified atom stereocenters. The van der Waals surface area contributed by atoms with Gasteiger partial charge in [-0.25, -0.2) is 9.50 Å². The molecular weight excluding hydrogens is 264 g/mol. The van der Waals surface area contributed by atoms with E-state index in [9.17, 15) is 4.79 Å². The zero-order valence-corrected chi connectivity index (χ0v) is 11.6. The molecule has 100 valence electrons. The normalized spacial score (nSPS) is 19.1. The molecule has 0 saturated carbocycles. The average molecular weight is 278 g/mol. The van der Waals surface area contributed by atoms with Crippen molar-refractivity contribution in [1.29, 1.82) is 0 Å². The zero-order chi connectivity index (χ0) is 13.4. The molecule has 2 aromatic rings. The minimum atomic E-state index is -0.110. The molecular formula is C12H14N4O2S. The van der Waals surface area contributed by atoms with Gasteiger partial charge in [-0.3, -0.25) is 4.79 Å². The lowest BCUT2D eigenvalue weighted by Gasteiger charge is -2.05. The maximum absolute atomic E-state index is 11.0. The van der Waals surface area contributed by atoms with E-state index in [0.29, 0.717) is 23.1 Å². The Morgan fingerprint density at radius 3 is 3.05 bits per heavy atom.